The molecule has 0 spiro atoms. The number of aryl methyl sites for hydroxylation is 1. The van der Waals surface area contributed by atoms with Gasteiger partial charge < -0.3 is 11.1 Å². The number of nitrogens with one attached hydrogen (secondary N) is 1. The Labute approximate surface area is 107 Å². The summed E-state index contributed by atoms with van der Waals surface area (Å²) in [6, 6.07) is 1.54. The number of nitrogens with two attached hydrogens (primary N) is 1. The maximum atomic E-state index is 10.8. The van der Waals surface area contributed by atoms with Crippen LogP contribution in [0.3, 0.4) is 0 Å². The SMILES string of the molecule is Cc1cnc(NC(CN)CC(C)C)cc1[N+](=O)[O-]. The zero-order valence-electron chi connectivity index (χ0n) is 11.0. The lowest BCUT2D eigenvalue weighted by atomic mass is 10.0. The van der Waals surface area contributed by atoms with E-state index in [2.05, 4.69) is 24.1 Å². The van der Waals surface area contributed by atoms with Gasteiger partial charge in [-0.1, -0.05) is 13.8 Å². The molecule has 1 aromatic rings. The first kappa shape index (κ1) is 14.4. The monoisotopic (exact) mass is 252 g/mol. The van der Waals surface area contributed by atoms with Crippen molar-refractivity contribution in [2.75, 3.05) is 11.9 Å². The van der Waals surface area contributed by atoms with Crippen molar-refractivity contribution in [3.63, 3.8) is 0 Å². The van der Waals surface area contributed by atoms with Crippen LogP contribution in [-0.4, -0.2) is 22.5 Å². The van der Waals surface area contributed by atoms with Crippen molar-refractivity contribution < 1.29 is 4.92 Å². The van der Waals surface area contributed by atoms with E-state index in [1.165, 1.54) is 12.3 Å². The summed E-state index contributed by atoms with van der Waals surface area (Å²) in [5, 5.41) is 14.0. The lowest BCUT2D eigenvalue weighted by molar-refractivity contribution is -0.385. The molecule has 1 heterocycles. The summed E-state index contributed by atoms with van der Waals surface area (Å²) in [7, 11) is 0. The van der Waals surface area contributed by atoms with Crippen LogP contribution in [0.2, 0.25) is 0 Å². The molecule has 6 heteroatoms. The molecule has 0 aliphatic carbocycles. The van der Waals surface area contributed by atoms with Gasteiger partial charge in [0.15, 0.2) is 0 Å². The van der Waals surface area contributed by atoms with E-state index in [0.717, 1.165) is 6.42 Å². The Morgan fingerprint density at radius 1 is 1.56 bits per heavy atom. The predicted octanol–water partition coefficient (Wildman–Crippen LogP) is 2.08. The fraction of sp³-hybridized carbons (Fsp3) is 0.583. The highest BCUT2D eigenvalue weighted by molar-refractivity contribution is 5.49. The van der Waals surface area contributed by atoms with E-state index in [0.29, 0.717) is 23.8 Å². The van der Waals surface area contributed by atoms with Gasteiger partial charge in [0.1, 0.15) is 5.82 Å². The van der Waals surface area contributed by atoms with E-state index in [9.17, 15) is 10.1 Å². The highest BCUT2D eigenvalue weighted by Crippen LogP contribution is 2.21. The van der Waals surface area contributed by atoms with E-state index in [1.54, 1.807) is 6.92 Å². The molecule has 3 N–H and O–H groups in total. The lowest BCUT2D eigenvalue weighted by Crippen LogP contribution is -2.30. The van der Waals surface area contributed by atoms with Gasteiger partial charge >= 0.3 is 0 Å². The first-order valence-electron chi connectivity index (χ1n) is 6.01. The highest BCUT2D eigenvalue weighted by Gasteiger charge is 2.14. The van der Waals surface area contributed by atoms with E-state index >= 15 is 0 Å². The summed E-state index contributed by atoms with van der Waals surface area (Å²) in [6.07, 6.45) is 2.41. The number of rotatable bonds is 6. The molecule has 0 amide bonds. The van der Waals surface area contributed by atoms with E-state index in [1.807, 2.05) is 0 Å². The lowest BCUT2D eigenvalue weighted by Gasteiger charge is -2.19. The molecule has 6 nitrogen and oxygen atoms in total. The first-order valence-corrected chi connectivity index (χ1v) is 6.01. The second kappa shape index (κ2) is 6.30. The van der Waals surface area contributed by atoms with Crippen LogP contribution >= 0.6 is 0 Å². The molecular formula is C12H20N4O2. The zero-order valence-corrected chi connectivity index (χ0v) is 11.0. The van der Waals surface area contributed by atoms with Crippen LogP contribution in [0.5, 0.6) is 0 Å². The van der Waals surface area contributed by atoms with Crippen molar-refractivity contribution in [2.24, 2.45) is 11.7 Å². The van der Waals surface area contributed by atoms with Gasteiger partial charge in [0.05, 0.1) is 11.0 Å². The average molecular weight is 252 g/mol. The van der Waals surface area contributed by atoms with Crippen LogP contribution in [0.1, 0.15) is 25.8 Å². The van der Waals surface area contributed by atoms with Crippen LogP contribution in [-0.2, 0) is 0 Å². The van der Waals surface area contributed by atoms with Crippen molar-refractivity contribution in [1.29, 1.82) is 0 Å². The van der Waals surface area contributed by atoms with Crippen molar-refractivity contribution in [3.8, 4) is 0 Å². The summed E-state index contributed by atoms with van der Waals surface area (Å²) in [5.74, 6) is 1.01. The molecule has 1 rings (SSSR count). The van der Waals surface area contributed by atoms with E-state index in [-0.39, 0.29) is 11.7 Å². The molecule has 0 aliphatic rings. The predicted molar refractivity (Wildman–Crippen MR) is 71.5 cm³/mol. The molecule has 0 radical (unpaired) electrons. The normalized spacial score (nSPS) is 12.5. The Balaban J connectivity index is 2.83. The Kier molecular flexibility index (Phi) is 5.03. The molecule has 0 saturated carbocycles. The van der Waals surface area contributed by atoms with Crippen LogP contribution in [0.25, 0.3) is 0 Å². The van der Waals surface area contributed by atoms with Gasteiger partial charge in [-0.3, -0.25) is 10.1 Å². The number of anilines is 1. The van der Waals surface area contributed by atoms with Crippen molar-refractivity contribution in [2.45, 2.75) is 33.2 Å². The molecule has 0 fully saturated rings. The molecule has 18 heavy (non-hydrogen) atoms. The number of aromatic nitrogens is 1. The minimum atomic E-state index is -0.401. The molecule has 1 unspecified atom stereocenters. The molecule has 1 atom stereocenters. The largest absolute Gasteiger partial charge is 0.366 e. The fourth-order valence-electron chi connectivity index (χ4n) is 1.78. The van der Waals surface area contributed by atoms with Gasteiger partial charge in [0.25, 0.3) is 5.69 Å². The summed E-state index contributed by atoms with van der Waals surface area (Å²) in [5.41, 5.74) is 6.30. The summed E-state index contributed by atoms with van der Waals surface area (Å²) in [6.45, 7) is 6.36. The number of hydrogen-bond acceptors (Lipinski definition) is 5. The summed E-state index contributed by atoms with van der Waals surface area (Å²) < 4.78 is 0. The number of nitro groups is 1. The fourth-order valence-corrected chi connectivity index (χ4v) is 1.78. The van der Waals surface area contributed by atoms with Gasteiger partial charge in [-0.25, -0.2) is 4.98 Å². The Morgan fingerprint density at radius 2 is 2.22 bits per heavy atom. The maximum absolute atomic E-state index is 10.8. The van der Waals surface area contributed by atoms with Gasteiger partial charge in [0.2, 0.25) is 0 Å². The molecular weight excluding hydrogens is 232 g/mol. The third-order valence-electron chi connectivity index (χ3n) is 2.66. The highest BCUT2D eigenvalue weighted by atomic mass is 16.6. The molecule has 0 bridgehead atoms. The standard InChI is InChI=1S/C12H20N4O2/c1-8(2)4-10(6-13)15-12-5-11(16(17)18)9(3)7-14-12/h5,7-8,10H,4,6,13H2,1-3H3,(H,14,15). The smallest absolute Gasteiger partial charge is 0.277 e. The Morgan fingerprint density at radius 3 is 2.72 bits per heavy atom. The quantitative estimate of drug-likeness (QED) is 0.597. The third-order valence-corrected chi connectivity index (χ3v) is 2.66. The summed E-state index contributed by atoms with van der Waals surface area (Å²) in [4.78, 5) is 14.6. The molecule has 100 valence electrons. The third kappa shape index (κ3) is 3.96. The first-order chi connectivity index (χ1) is 8.43. The van der Waals surface area contributed by atoms with Gasteiger partial charge in [-0.15, -0.1) is 0 Å². The van der Waals surface area contributed by atoms with Crippen molar-refractivity contribution >= 4 is 11.5 Å². The summed E-state index contributed by atoms with van der Waals surface area (Å²) >= 11 is 0. The molecule has 0 saturated heterocycles. The number of nitrogens with zero attached hydrogens (tertiary/aromatic N) is 2. The van der Waals surface area contributed by atoms with Crippen molar-refractivity contribution in [3.05, 3.63) is 27.9 Å². The number of hydrogen-bond donors (Lipinski definition) is 2. The van der Waals surface area contributed by atoms with Gasteiger partial charge in [-0.2, -0.15) is 0 Å². The molecule has 1 aromatic heterocycles. The minimum absolute atomic E-state index is 0.0767. The molecule has 0 aliphatic heterocycles. The van der Waals surface area contributed by atoms with Gasteiger partial charge in [-0.05, 0) is 19.3 Å². The topological polar surface area (TPSA) is 94.1 Å². The second-order valence-corrected chi connectivity index (χ2v) is 4.82. The van der Waals surface area contributed by atoms with E-state index in [4.69, 9.17) is 5.73 Å². The van der Waals surface area contributed by atoms with Crippen LogP contribution in [0.4, 0.5) is 11.5 Å². The van der Waals surface area contributed by atoms with Crippen LogP contribution < -0.4 is 11.1 Å². The second-order valence-electron chi connectivity index (χ2n) is 4.82. The zero-order chi connectivity index (χ0) is 13.7. The minimum Gasteiger partial charge on any atom is -0.366 e. The van der Waals surface area contributed by atoms with E-state index < -0.39 is 4.92 Å². The van der Waals surface area contributed by atoms with Gasteiger partial charge in [0, 0.05) is 24.3 Å². The Hall–Kier alpha value is -1.69. The molecule has 0 aromatic carbocycles. The van der Waals surface area contributed by atoms with Crippen LogP contribution in [0, 0.1) is 23.0 Å². The van der Waals surface area contributed by atoms with Crippen LogP contribution in [0.15, 0.2) is 12.3 Å². The maximum Gasteiger partial charge on any atom is 0.277 e. The average Bonchev–Trinajstić information content (AvgIpc) is 2.29. The number of pyridine rings is 1. The Bertz CT molecular complexity index is 421. The van der Waals surface area contributed by atoms with Crippen molar-refractivity contribution in [1.82, 2.24) is 4.98 Å².